The minimum Gasteiger partial charge on any atom is -0.399 e. The van der Waals surface area contributed by atoms with Crippen molar-refractivity contribution in [1.29, 1.82) is 0 Å². The van der Waals surface area contributed by atoms with Crippen LogP contribution in [0.3, 0.4) is 0 Å². The van der Waals surface area contributed by atoms with E-state index in [1.807, 2.05) is 35.9 Å². The van der Waals surface area contributed by atoms with Gasteiger partial charge in [0.15, 0.2) is 0 Å². The Morgan fingerprint density at radius 3 is 2.44 bits per heavy atom. The number of benzene rings is 1. The fourth-order valence-electron chi connectivity index (χ4n) is 1.60. The predicted molar refractivity (Wildman–Crippen MR) is 73.1 cm³/mol. The predicted octanol–water partition coefficient (Wildman–Crippen LogP) is 2.55. The normalized spacial score (nSPS) is 13.4. The maximum Gasteiger partial charge on any atom is 0.136 e. The molecule has 0 unspecified atom stereocenters. The molecule has 2 N–H and O–H groups in total. The molecule has 96 valence electrons. The number of hydrogen-bond acceptors (Lipinski definition) is 3. The third-order valence-corrected chi connectivity index (χ3v) is 3.12. The Bertz CT molecular complexity index is 482. The minimum atomic E-state index is 0.765. The van der Waals surface area contributed by atoms with Gasteiger partial charge in [0.1, 0.15) is 12.2 Å². The number of nitrogens with zero attached hydrogens (tertiary/aromatic N) is 3. The molecule has 4 heteroatoms. The highest BCUT2D eigenvalue weighted by Crippen LogP contribution is 2.15. The topological polar surface area (TPSA) is 56.7 Å². The highest BCUT2D eigenvalue weighted by Gasteiger charge is 2.01. The Morgan fingerprint density at radius 2 is 1.94 bits per heavy atom. The molecule has 4 nitrogen and oxygen atoms in total. The number of rotatable bonds is 2. The summed E-state index contributed by atoms with van der Waals surface area (Å²) in [6.45, 7) is 0. The van der Waals surface area contributed by atoms with Crippen molar-refractivity contribution in [1.82, 2.24) is 14.8 Å². The first kappa shape index (κ1) is 12.6. The highest BCUT2D eigenvalue weighted by atomic mass is 15.2. The van der Waals surface area contributed by atoms with Crippen LogP contribution >= 0.6 is 0 Å². The van der Waals surface area contributed by atoms with Gasteiger partial charge in [-0.15, -0.1) is 10.2 Å². The van der Waals surface area contributed by atoms with E-state index in [1.54, 1.807) is 6.33 Å². The Hall–Kier alpha value is -1.84. The summed E-state index contributed by atoms with van der Waals surface area (Å²) in [5.41, 5.74) is 7.62. The first-order valence-electron chi connectivity index (χ1n) is 6.43. The quantitative estimate of drug-likeness (QED) is 0.826. The summed E-state index contributed by atoms with van der Waals surface area (Å²) in [4.78, 5) is 0. The average molecular weight is 244 g/mol. The molecule has 1 aromatic carbocycles. The van der Waals surface area contributed by atoms with Gasteiger partial charge in [0.25, 0.3) is 0 Å². The van der Waals surface area contributed by atoms with Crippen molar-refractivity contribution >= 4 is 5.69 Å². The van der Waals surface area contributed by atoms with Crippen molar-refractivity contribution in [2.45, 2.75) is 32.1 Å². The fourth-order valence-corrected chi connectivity index (χ4v) is 1.60. The molecule has 0 saturated heterocycles. The molecule has 1 heterocycles. The summed E-state index contributed by atoms with van der Waals surface area (Å²) in [6, 6.07) is 7.81. The van der Waals surface area contributed by atoms with E-state index in [0.717, 1.165) is 23.5 Å². The summed E-state index contributed by atoms with van der Waals surface area (Å²) in [7, 11) is 1.93. The van der Waals surface area contributed by atoms with Gasteiger partial charge < -0.3 is 10.3 Å². The lowest BCUT2D eigenvalue weighted by atomic mass is 10.0. The smallest absolute Gasteiger partial charge is 0.136 e. The Morgan fingerprint density at radius 1 is 1.22 bits per heavy atom. The van der Waals surface area contributed by atoms with Crippen LogP contribution in [0.25, 0.3) is 0 Å². The number of nitrogens with two attached hydrogens (primary N) is 1. The summed E-state index contributed by atoms with van der Waals surface area (Å²) in [5.74, 6) is 0.940. The summed E-state index contributed by atoms with van der Waals surface area (Å²) in [5, 5.41) is 7.83. The molecule has 1 saturated carbocycles. The van der Waals surface area contributed by atoms with E-state index >= 15 is 0 Å². The van der Waals surface area contributed by atoms with E-state index in [1.165, 1.54) is 25.7 Å². The summed E-state index contributed by atoms with van der Waals surface area (Å²) in [6.07, 6.45) is 8.46. The maximum atomic E-state index is 5.68. The molecule has 3 rings (SSSR count). The lowest BCUT2D eigenvalue weighted by Gasteiger charge is -2.05. The zero-order valence-corrected chi connectivity index (χ0v) is 10.8. The van der Waals surface area contributed by atoms with Crippen molar-refractivity contribution in [2.24, 2.45) is 7.05 Å². The van der Waals surface area contributed by atoms with Gasteiger partial charge >= 0.3 is 0 Å². The van der Waals surface area contributed by atoms with Gasteiger partial charge in [-0.1, -0.05) is 37.8 Å². The molecular formula is C14H20N4. The van der Waals surface area contributed by atoms with Crippen LogP contribution in [0.5, 0.6) is 0 Å². The average Bonchev–Trinajstić information content (AvgIpc) is 2.62. The molecule has 1 aromatic heterocycles. The maximum absolute atomic E-state index is 5.68. The van der Waals surface area contributed by atoms with Gasteiger partial charge in [0.05, 0.1) is 0 Å². The van der Waals surface area contributed by atoms with Crippen LogP contribution in [0.4, 0.5) is 5.69 Å². The third kappa shape index (κ3) is 3.58. The summed E-state index contributed by atoms with van der Waals surface area (Å²) < 4.78 is 1.91. The van der Waals surface area contributed by atoms with Crippen molar-refractivity contribution in [2.75, 3.05) is 5.73 Å². The van der Waals surface area contributed by atoms with Crippen LogP contribution < -0.4 is 5.73 Å². The third-order valence-electron chi connectivity index (χ3n) is 3.12. The first-order valence-corrected chi connectivity index (χ1v) is 6.43. The minimum absolute atomic E-state index is 0.765. The van der Waals surface area contributed by atoms with E-state index in [4.69, 9.17) is 5.73 Å². The van der Waals surface area contributed by atoms with Crippen LogP contribution in [0, 0.1) is 0 Å². The van der Waals surface area contributed by atoms with Crippen molar-refractivity contribution < 1.29 is 0 Å². The van der Waals surface area contributed by atoms with Gasteiger partial charge in [-0.2, -0.15) is 0 Å². The molecule has 18 heavy (non-hydrogen) atoms. The van der Waals surface area contributed by atoms with Gasteiger partial charge in [-0.25, -0.2) is 0 Å². The van der Waals surface area contributed by atoms with E-state index in [0.29, 0.717) is 0 Å². The highest BCUT2D eigenvalue weighted by molar-refractivity contribution is 5.41. The molecule has 0 amide bonds. The lowest BCUT2D eigenvalue weighted by Crippen LogP contribution is -1.98. The van der Waals surface area contributed by atoms with Gasteiger partial charge in [-0.3, -0.25) is 0 Å². The van der Waals surface area contributed by atoms with E-state index in [-0.39, 0.29) is 0 Å². The second kappa shape index (κ2) is 6.19. The van der Waals surface area contributed by atoms with Crippen LogP contribution in [-0.4, -0.2) is 14.8 Å². The van der Waals surface area contributed by atoms with Gasteiger partial charge in [0.2, 0.25) is 0 Å². The van der Waals surface area contributed by atoms with E-state index < -0.39 is 0 Å². The lowest BCUT2D eigenvalue weighted by molar-refractivity contribution is 0.504. The summed E-state index contributed by atoms with van der Waals surface area (Å²) >= 11 is 0. The second-order valence-electron chi connectivity index (χ2n) is 4.69. The zero-order chi connectivity index (χ0) is 12.8. The molecular weight excluding hydrogens is 224 g/mol. The first-order chi connectivity index (χ1) is 8.75. The van der Waals surface area contributed by atoms with E-state index in [9.17, 15) is 0 Å². The van der Waals surface area contributed by atoms with Crippen molar-refractivity contribution in [3.8, 4) is 0 Å². The Kier molecular flexibility index (Phi) is 4.34. The molecule has 0 spiro atoms. The number of aryl methyl sites for hydroxylation is 1. The zero-order valence-electron chi connectivity index (χ0n) is 10.8. The van der Waals surface area contributed by atoms with Gasteiger partial charge in [0, 0.05) is 19.2 Å². The van der Waals surface area contributed by atoms with Crippen LogP contribution in [0.2, 0.25) is 0 Å². The van der Waals surface area contributed by atoms with E-state index in [2.05, 4.69) is 10.2 Å². The monoisotopic (exact) mass is 244 g/mol. The molecule has 2 aromatic rings. The van der Waals surface area contributed by atoms with Crippen molar-refractivity contribution in [3.63, 3.8) is 0 Å². The van der Waals surface area contributed by atoms with Crippen LogP contribution in [0.15, 0.2) is 30.6 Å². The Labute approximate surface area is 108 Å². The molecule has 1 fully saturated rings. The number of hydrogen-bond donors (Lipinski definition) is 1. The molecule has 0 aliphatic heterocycles. The van der Waals surface area contributed by atoms with Crippen LogP contribution in [0.1, 0.15) is 37.1 Å². The molecule has 1 aliphatic carbocycles. The molecule has 0 bridgehead atoms. The van der Waals surface area contributed by atoms with Crippen molar-refractivity contribution in [3.05, 3.63) is 42.0 Å². The number of anilines is 1. The van der Waals surface area contributed by atoms with Crippen LogP contribution in [-0.2, 0) is 13.5 Å². The fraction of sp³-hybridized carbons (Fsp3) is 0.429. The molecule has 0 atom stereocenters. The number of nitrogen functional groups attached to an aromatic ring is 1. The largest absolute Gasteiger partial charge is 0.399 e. The second-order valence-corrected chi connectivity index (χ2v) is 4.69. The molecule has 1 aliphatic rings. The standard InChI is InChI=1S/C10H12N4.C4H8/c1-14-7-12-13-10(14)6-8-3-2-4-9(11)5-8;1-2-4-3-1/h2-5,7H,6,11H2,1H3;1-4H2. The number of aromatic nitrogens is 3. The van der Waals surface area contributed by atoms with Gasteiger partial charge in [-0.05, 0) is 17.7 Å². The molecule has 0 radical (unpaired) electrons. The SMILES string of the molecule is C1CCC1.Cn1cnnc1Cc1cccc(N)c1. The Balaban J connectivity index is 0.000000256.